The summed E-state index contributed by atoms with van der Waals surface area (Å²) in [5.41, 5.74) is 7.69. The maximum absolute atomic E-state index is 12.3. The molecule has 3 rings (SSSR count). The molecule has 0 unspecified atom stereocenters. The maximum atomic E-state index is 12.3. The minimum atomic E-state index is -0.675. The Hall–Kier alpha value is -2.89. The zero-order chi connectivity index (χ0) is 20.1. The highest BCUT2D eigenvalue weighted by molar-refractivity contribution is 6.35. The number of aromatic nitrogens is 1. The second-order valence-electron chi connectivity index (χ2n) is 7.40. The minimum Gasteiger partial charge on any atom is -0.334 e. The van der Waals surface area contributed by atoms with Crippen molar-refractivity contribution in [3.8, 4) is 5.69 Å². The highest BCUT2D eigenvalue weighted by Gasteiger charge is 2.22. The van der Waals surface area contributed by atoms with Gasteiger partial charge in [-0.1, -0.05) is 30.5 Å². The lowest BCUT2D eigenvalue weighted by Gasteiger charge is -2.18. The van der Waals surface area contributed by atoms with Crippen LogP contribution >= 0.6 is 0 Å². The summed E-state index contributed by atoms with van der Waals surface area (Å²) in [6.07, 6.45) is 5.72. The standard InChI is InChI=1S/C22H28N4O2/c1-16-8-10-20(11-9-16)26-17(2)14-19(18(26)3)15-23-24-21(27)22(28)25-12-6-4-5-7-13-25/h8-11,14-15H,4-7,12-13H2,1-3H3,(H,24,27)/b23-15-. The van der Waals surface area contributed by atoms with Crippen LogP contribution in [-0.4, -0.2) is 40.6 Å². The third-order valence-electron chi connectivity index (χ3n) is 5.22. The summed E-state index contributed by atoms with van der Waals surface area (Å²) in [7, 11) is 0. The predicted molar refractivity (Wildman–Crippen MR) is 111 cm³/mol. The Balaban J connectivity index is 1.67. The Bertz CT molecular complexity index is 873. The topological polar surface area (TPSA) is 66.7 Å². The Morgan fingerprint density at radius 3 is 2.29 bits per heavy atom. The van der Waals surface area contributed by atoms with Crippen LogP contribution in [0.25, 0.3) is 5.69 Å². The highest BCUT2D eigenvalue weighted by Crippen LogP contribution is 2.20. The van der Waals surface area contributed by atoms with Gasteiger partial charge in [0.2, 0.25) is 0 Å². The number of nitrogens with one attached hydrogen (secondary N) is 1. The van der Waals surface area contributed by atoms with E-state index in [0.717, 1.165) is 48.3 Å². The fraction of sp³-hybridized carbons (Fsp3) is 0.409. The van der Waals surface area contributed by atoms with Crippen LogP contribution in [0.3, 0.4) is 0 Å². The first-order chi connectivity index (χ1) is 13.5. The number of rotatable bonds is 3. The van der Waals surface area contributed by atoms with E-state index in [-0.39, 0.29) is 0 Å². The number of carbonyl (C=O) groups excluding carboxylic acids is 2. The number of carbonyl (C=O) groups is 2. The van der Waals surface area contributed by atoms with Crippen molar-refractivity contribution in [1.29, 1.82) is 0 Å². The fourth-order valence-electron chi connectivity index (χ4n) is 3.64. The van der Waals surface area contributed by atoms with E-state index in [2.05, 4.69) is 46.3 Å². The molecule has 6 nitrogen and oxygen atoms in total. The van der Waals surface area contributed by atoms with E-state index in [0.29, 0.717) is 13.1 Å². The lowest BCUT2D eigenvalue weighted by molar-refractivity contribution is -0.145. The monoisotopic (exact) mass is 380 g/mol. The van der Waals surface area contributed by atoms with Crippen molar-refractivity contribution in [1.82, 2.24) is 14.9 Å². The van der Waals surface area contributed by atoms with Crippen LogP contribution in [0.5, 0.6) is 0 Å². The molecule has 2 amide bonds. The van der Waals surface area contributed by atoms with E-state index in [4.69, 9.17) is 0 Å². The fourth-order valence-corrected chi connectivity index (χ4v) is 3.64. The van der Waals surface area contributed by atoms with Gasteiger partial charge in [0.1, 0.15) is 0 Å². The Morgan fingerprint density at radius 1 is 1.00 bits per heavy atom. The molecular weight excluding hydrogens is 352 g/mol. The van der Waals surface area contributed by atoms with Crippen LogP contribution in [-0.2, 0) is 9.59 Å². The molecule has 2 heterocycles. The van der Waals surface area contributed by atoms with Crippen LogP contribution in [0.4, 0.5) is 0 Å². The molecule has 148 valence electrons. The number of aryl methyl sites for hydroxylation is 2. The van der Waals surface area contributed by atoms with Crippen molar-refractivity contribution in [2.45, 2.75) is 46.5 Å². The van der Waals surface area contributed by atoms with Crippen LogP contribution in [0, 0.1) is 20.8 Å². The number of hydrogen-bond acceptors (Lipinski definition) is 3. The second-order valence-corrected chi connectivity index (χ2v) is 7.40. The van der Waals surface area contributed by atoms with Crippen LogP contribution in [0.1, 0.15) is 48.2 Å². The first-order valence-electron chi connectivity index (χ1n) is 9.85. The van der Waals surface area contributed by atoms with Crippen molar-refractivity contribution in [2.75, 3.05) is 13.1 Å². The lowest BCUT2D eigenvalue weighted by Crippen LogP contribution is -2.41. The van der Waals surface area contributed by atoms with Gasteiger partial charge in [0.25, 0.3) is 0 Å². The largest absolute Gasteiger partial charge is 0.334 e. The van der Waals surface area contributed by atoms with Gasteiger partial charge in [-0.15, -0.1) is 0 Å². The van der Waals surface area contributed by atoms with E-state index in [1.165, 1.54) is 5.56 Å². The van der Waals surface area contributed by atoms with E-state index in [1.807, 2.05) is 19.9 Å². The van der Waals surface area contributed by atoms with Crippen molar-refractivity contribution in [3.63, 3.8) is 0 Å². The lowest BCUT2D eigenvalue weighted by atomic mass is 10.2. The van der Waals surface area contributed by atoms with E-state index < -0.39 is 11.8 Å². The molecule has 0 spiro atoms. The predicted octanol–water partition coefficient (Wildman–Crippen LogP) is 3.26. The molecule has 1 aromatic heterocycles. The Morgan fingerprint density at radius 2 is 1.64 bits per heavy atom. The molecule has 0 bridgehead atoms. The smallest absolute Gasteiger partial charge is 0.329 e. The first-order valence-corrected chi connectivity index (χ1v) is 9.85. The zero-order valence-electron chi connectivity index (χ0n) is 16.9. The molecule has 1 N–H and O–H groups in total. The van der Waals surface area contributed by atoms with Crippen LogP contribution in [0.2, 0.25) is 0 Å². The van der Waals surface area contributed by atoms with E-state index in [9.17, 15) is 9.59 Å². The molecule has 1 aromatic carbocycles. The van der Waals surface area contributed by atoms with Crippen molar-refractivity contribution in [2.24, 2.45) is 5.10 Å². The van der Waals surface area contributed by atoms with E-state index in [1.54, 1.807) is 11.1 Å². The number of hydrazone groups is 1. The van der Waals surface area contributed by atoms with Crippen LogP contribution in [0.15, 0.2) is 35.4 Å². The molecule has 0 saturated carbocycles. The SMILES string of the molecule is Cc1ccc(-n2c(C)cc(/C=N\NC(=O)C(=O)N3CCCCCC3)c2C)cc1. The van der Waals surface area contributed by atoms with E-state index >= 15 is 0 Å². The Labute approximate surface area is 166 Å². The summed E-state index contributed by atoms with van der Waals surface area (Å²) >= 11 is 0. The first kappa shape index (κ1) is 19.9. The number of benzene rings is 1. The highest BCUT2D eigenvalue weighted by atomic mass is 16.2. The molecule has 1 saturated heterocycles. The third-order valence-corrected chi connectivity index (χ3v) is 5.22. The third kappa shape index (κ3) is 4.50. The number of nitrogens with zero attached hydrogens (tertiary/aromatic N) is 3. The van der Waals surface area contributed by atoms with Gasteiger partial charge < -0.3 is 9.47 Å². The molecule has 6 heteroatoms. The van der Waals surface area contributed by atoms with Gasteiger partial charge in [0.15, 0.2) is 0 Å². The van der Waals surface area contributed by atoms with Gasteiger partial charge in [-0.05, 0) is 51.8 Å². The molecule has 2 aromatic rings. The van der Waals surface area contributed by atoms with Gasteiger partial charge in [0.05, 0.1) is 6.21 Å². The summed E-state index contributed by atoms with van der Waals surface area (Å²) in [5, 5.41) is 4.02. The number of likely N-dealkylation sites (tertiary alicyclic amines) is 1. The quantitative estimate of drug-likeness (QED) is 0.505. The summed E-state index contributed by atoms with van der Waals surface area (Å²) < 4.78 is 2.14. The molecule has 0 radical (unpaired) electrons. The minimum absolute atomic E-state index is 0.496. The van der Waals surface area contributed by atoms with Gasteiger partial charge in [-0.2, -0.15) is 5.10 Å². The summed E-state index contributed by atoms with van der Waals surface area (Å²) in [5.74, 6) is -1.17. The zero-order valence-corrected chi connectivity index (χ0v) is 16.9. The molecule has 0 aliphatic carbocycles. The summed E-state index contributed by atoms with van der Waals surface area (Å²) in [6, 6.07) is 10.3. The summed E-state index contributed by atoms with van der Waals surface area (Å²) in [6.45, 7) is 7.40. The van der Waals surface area contributed by atoms with Crippen molar-refractivity contribution in [3.05, 3.63) is 52.8 Å². The van der Waals surface area contributed by atoms with Gasteiger partial charge in [-0.25, -0.2) is 5.43 Å². The van der Waals surface area contributed by atoms with Gasteiger partial charge >= 0.3 is 11.8 Å². The van der Waals surface area contributed by atoms with Crippen molar-refractivity contribution >= 4 is 18.0 Å². The molecule has 1 aliphatic heterocycles. The molecule has 1 fully saturated rings. The van der Waals surface area contributed by atoms with Gasteiger partial charge in [0, 0.05) is 35.7 Å². The maximum Gasteiger partial charge on any atom is 0.329 e. The molecule has 1 aliphatic rings. The molecule has 0 atom stereocenters. The normalized spacial score (nSPS) is 14.9. The van der Waals surface area contributed by atoms with Gasteiger partial charge in [-0.3, -0.25) is 9.59 Å². The molecule has 28 heavy (non-hydrogen) atoms. The Kier molecular flexibility index (Phi) is 6.29. The average Bonchev–Trinajstić information content (AvgIpc) is 2.86. The summed E-state index contributed by atoms with van der Waals surface area (Å²) in [4.78, 5) is 26.0. The molecular formula is C22H28N4O2. The second kappa shape index (κ2) is 8.87. The number of hydrogen-bond donors (Lipinski definition) is 1. The number of amides is 2. The van der Waals surface area contributed by atoms with Crippen LogP contribution < -0.4 is 5.43 Å². The van der Waals surface area contributed by atoms with Crippen molar-refractivity contribution < 1.29 is 9.59 Å². The average molecular weight is 380 g/mol.